The lowest BCUT2D eigenvalue weighted by molar-refractivity contribution is 0.0696. The summed E-state index contributed by atoms with van der Waals surface area (Å²) < 4.78 is 45.6. The number of anilines is 3. The van der Waals surface area contributed by atoms with E-state index >= 15 is 0 Å². The fraction of sp³-hybridized carbons (Fsp3) is 0.367. The van der Waals surface area contributed by atoms with Crippen LogP contribution in [-0.4, -0.2) is 55.0 Å². The van der Waals surface area contributed by atoms with Crippen LogP contribution < -0.4 is 23.8 Å². The maximum atomic E-state index is 11.8. The van der Waals surface area contributed by atoms with Crippen LogP contribution in [0.2, 0.25) is 0 Å². The number of thiophene rings is 2. The Morgan fingerprint density at radius 2 is 0.790 bits per heavy atom. The number of hydrogen-bond acceptors (Lipinski definition) is 14. The first-order chi connectivity index (χ1) is 51.5. The predicted molar refractivity (Wildman–Crippen MR) is 442 cm³/mol. The minimum Gasteiger partial charge on any atom is -0.493 e. The molecular weight excluding hydrogens is 1380 g/mol. The van der Waals surface area contributed by atoms with E-state index in [4.69, 9.17) is 36.4 Å². The van der Waals surface area contributed by atoms with Gasteiger partial charge in [0.05, 0.1) is 55.4 Å². The van der Waals surface area contributed by atoms with Gasteiger partial charge in [0.2, 0.25) is 0 Å². The summed E-state index contributed by atoms with van der Waals surface area (Å²) in [4.78, 5) is 19.4. The Bertz CT molecular complexity index is 4750. The zero-order valence-corrected chi connectivity index (χ0v) is 65.5. The number of fused-ring (bicyclic) bond motifs is 5. The molecule has 11 nitrogen and oxygen atoms in total. The lowest BCUT2D eigenvalue weighted by Gasteiger charge is -2.41. The van der Waals surface area contributed by atoms with Gasteiger partial charge in [0.25, 0.3) is 0 Å². The van der Waals surface area contributed by atoms with Gasteiger partial charge >= 0.3 is 5.97 Å². The fourth-order valence-electron chi connectivity index (χ4n) is 15.3. The average Bonchev–Trinajstić information content (AvgIpc) is 1.53. The quantitative estimate of drug-likeness (QED) is 0.0371. The zero-order valence-electron chi connectivity index (χ0n) is 62.2. The van der Waals surface area contributed by atoms with Crippen LogP contribution in [0.15, 0.2) is 170 Å². The van der Waals surface area contributed by atoms with Crippen molar-refractivity contribution in [3.8, 4) is 98.1 Å². The largest absolute Gasteiger partial charge is 0.493 e. The Morgan fingerprint density at radius 1 is 0.410 bits per heavy atom. The van der Waals surface area contributed by atoms with Gasteiger partial charge in [-0.2, -0.15) is 17.5 Å². The van der Waals surface area contributed by atoms with E-state index < -0.39 is 5.97 Å². The average molecular weight is 1480 g/mol. The number of rotatable bonds is 38. The molecule has 0 fully saturated rings. The Hall–Kier alpha value is -8.73. The molecular formula is C90H99N5O6S4. The number of carboxylic acid groups (broad SMARTS) is 1. The van der Waals surface area contributed by atoms with Crippen molar-refractivity contribution >= 4 is 91.2 Å². The number of unbranched alkanes of at least 4 members (excludes halogenated alkanes) is 7. The van der Waals surface area contributed by atoms with Gasteiger partial charge in [-0.05, 0) is 169 Å². The summed E-state index contributed by atoms with van der Waals surface area (Å²) in [5.41, 5.74) is 20.0. The molecule has 4 heterocycles. The van der Waals surface area contributed by atoms with Gasteiger partial charge < -0.3 is 29.0 Å². The number of ether oxygens (including phenoxy) is 4. The Balaban J connectivity index is 0.875. The summed E-state index contributed by atoms with van der Waals surface area (Å²) in [6.45, 7) is 20.9. The highest BCUT2D eigenvalue weighted by molar-refractivity contribution is 7.26. The number of nitrogens with zero attached hydrogens (tertiary/aromatic N) is 5. The number of carboxylic acids is 1. The molecule has 3 unspecified atom stereocenters. The molecule has 8 aromatic carbocycles. The third kappa shape index (κ3) is 16.0. The first kappa shape index (κ1) is 74.5. The molecule has 3 atom stereocenters. The van der Waals surface area contributed by atoms with Crippen LogP contribution in [0, 0.1) is 11.8 Å². The Labute approximate surface area is 637 Å². The molecule has 4 aromatic heterocycles. The third-order valence-electron chi connectivity index (χ3n) is 21.2. The van der Waals surface area contributed by atoms with Crippen molar-refractivity contribution in [3.05, 3.63) is 187 Å². The Morgan fingerprint density at radius 3 is 1.19 bits per heavy atom. The highest BCUT2D eigenvalue weighted by Gasteiger charge is 2.51. The maximum absolute atomic E-state index is 11.8. The van der Waals surface area contributed by atoms with E-state index in [0.29, 0.717) is 38.3 Å². The summed E-state index contributed by atoms with van der Waals surface area (Å²) in [5, 5.41) is 9.71. The van der Waals surface area contributed by atoms with Crippen LogP contribution in [0.1, 0.15) is 192 Å². The number of aromatic nitrogens is 4. The second-order valence-electron chi connectivity index (χ2n) is 28.1. The molecule has 0 saturated carbocycles. The van der Waals surface area contributed by atoms with Crippen LogP contribution in [-0.2, 0) is 5.41 Å². The fourth-order valence-corrected chi connectivity index (χ4v) is 19.1. The minimum atomic E-state index is -0.942. The molecule has 15 heteroatoms. The zero-order chi connectivity index (χ0) is 72.8. The molecule has 0 aliphatic heterocycles. The van der Waals surface area contributed by atoms with Gasteiger partial charge in [-0.1, -0.05) is 205 Å². The van der Waals surface area contributed by atoms with E-state index in [9.17, 15) is 9.90 Å². The summed E-state index contributed by atoms with van der Waals surface area (Å²) in [7, 11) is 0. The molecule has 1 aliphatic rings. The lowest BCUT2D eigenvalue weighted by Crippen LogP contribution is -2.36. The number of carbonyl (C=O) groups is 1. The van der Waals surface area contributed by atoms with Gasteiger partial charge in [-0.15, -0.1) is 22.7 Å². The number of hydrogen-bond donors (Lipinski definition) is 1. The van der Waals surface area contributed by atoms with Crippen molar-refractivity contribution < 1.29 is 28.8 Å². The van der Waals surface area contributed by atoms with Gasteiger partial charge in [-0.3, -0.25) is 0 Å². The van der Waals surface area contributed by atoms with Crippen molar-refractivity contribution in [1.82, 2.24) is 17.5 Å². The molecule has 0 amide bonds. The molecule has 105 heavy (non-hydrogen) atoms. The lowest BCUT2D eigenvalue weighted by atomic mass is 9.61. The SMILES string of the molecule is CCCCCC(CC)C1(CC(CC)CCCC)c2cc(-c3ccc(-c4ccc(C(=O)O)cc4)c4nsnc34)sc2-c2sc(-c3ccc(-c4ccc(N(c5ccc(-c6ccc(OCCCC)cc6OCCCC)cc5)c5ccc(-c6ccc(OCCCC)cc6OCCCC)cc5)cc4)c4nsnc34)cc21. The monoisotopic (exact) mass is 1470 g/mol. The van der Waals surface area contributed by atoms with Gasteiger partial charge in [0, 0.05) is 87.5 Å². The molecule has 544 valence electrons. The summed E-state index contributed by atoms with van der Waals surface area (Å²) in [5.74, 6) is 3.37. The third-order valence-corrected chi connectivity index (χ3v) is 24.8. The van der Waals surface area contributed by atoms with E-state index in [0.717, 1.165) is 188 Å². The maximum Gasteiger partial charge on any atom is 0.335 e. The van der Waals surface area contributed by atoms with Crippen molar-refractivity contribution in [3.63, 3.8) is 0 Å². The first-order valence-electron chi connectivity index (χ1n) is 38.6. The summed E-state index contributed by atoms with van der Waals surface area (Å²) >= 11 is 6.37. The standard InChI is InChI=1S/C90H99N5O6S4/c1-9-17-23-25-65(16-8)90(58-59(15-7)24-18-10-2)77-56-81(75-48-46-73(83-85(75)93-104-91-83)62-26-28-64(29-27-62)89(96)97)102-87(77)88-78(90)57-82(103-88)76-49-47-74(84-86(76)94-105-92-84)63-34-40-68(41-35-63)95(66-36-30-60(31-37-66)71-44-42-69(98-50-19-11-3)54-79(71)100-52-21-13-5)67-38-32-61(33-39-67)72-45-43-70(99-51-20-12-4)55-80(72)101-53-22-14-6/h26-49,54-57,59,65H,9-25,50-53,58H2,1-8H3,(H,96,97). The molecule has 1 aliphatic carbocycles. The van der Waals surface area contributed by atoms with E-state index in [-0.39, 0.29) is 11.0 Å². The number of aromatic carboxylic acids is 1. The second kappa shape index (κ2) is 35.1. The second-order valence-corrected chi connectivity index (χ2v) is 31.3. The molecule has 0 radical (unpaired) electrons. The van der Waals surface area contributed by atoms with Crippen molar-refractivity contribution in [2.75, 3.05) is 31.3 Å². The van der Waals surface area contributed by atoms with Crippen LogP contribution >= 0.6 is 46.1 Å². The number of benzene rings is 8. The van der Waals surface area contributed by atoms with Crippen molar-refractivity contribution in [1.29, 1.82) is 0 Å². The van der Waals surface area contributed by atoms with Crippen LogP contribution in [0.3, 0.4) is 0 Å². The molecule has 0 saturated heterocycles. The van der Waals surface area contributed by atoms with Crippen molar-refractivity contribution in [2.24, 2.45) is 11.8 Å². The Kier molecular flexibility index (Phi) is 24.9. The predicted octanol–water partition coefficient (Wildman–Crippen LogP) is 27.2. The van der Waals surface area contributed by atoms with E-state index in [1.807, 2.05) is 34.8 Å². The van der Waals surface area contributed by atoms with Crippen LogP contribution in [0.5, 0.6) is 23.0 Å². The van der Waals surface area contributed by atoms with E-state index in [1.54, 1.807) is 12.1 Å². The molecule has 12 aromatic rings. The normalized spacial score (nSPS) is 13.8. The highest BCUT2D eigenvalue weighted by atomic mass is 32.1. The summed E-state index contributed by atoms with van der Waals surface area (Å²) in [6, 6.07) is 60.4. The molecule has 1 N–H and O–H groups in total. The van der Waals surface area contributed by atoms with Crippen molar-refractivity contribution in [2.45, 2.75) is 176 Å². The minimum absolute atomic E-state index is 0.195. The summed E-state index contributed by atoms with van der Waals surface area (Å²) in [6.07, 6.45) is 19.9. The van der Waals surface area contributed by atoms with Gasteiger partial charge in [-0.25, -0.2) is 4.79 Å². The van der Waals surface area contributed by atoms with Crippen LogP contribution in [0.25, 0.3) is 97.2 Å². The molecule has 0 bridgehead atoms. The first-order valence-corrected chi connectivity index (χ1v) is 41.7. The van der Waals surface area contributed by atoms with Crippen LogP contribution in [0.4, 0.5) is 17.1 Å². The molecule has 0 spiro atoms. The topological polar surface area (TPSA) is 129 Å². The van der Waals surface area contributed by atoms with Gasteiger partial charge in [0.1, 0.15) is 45.1 Å². The van der Waals surface area contributed by atoms with E-state index in [2.05, 4.69) is 206 Å². The molecule has 13 rings (SSSR count). The van der Waals surface area contributed by atoms with E-state index in [1.165, 1.54) is 99.0 Å². The highest BCUT2D eigenvalue weighted by Crippen LogP contribution is 2.65. The van der Waals surface area contributed by atoms with Gasteiger partial charge in [0.15, 0.2) is 0 Å². The smallest absolute Gasteiger partial charge is 0.335 e.